The van der Waals surface area contributed by atoms with Crippen LogP contribution in [0, 0.1) is 5.92 Å². The Morgan fingerprint density at radius 3 is 2.71 bits per heavy atom. The number of carbonyl (C=O) groups is 1. The van der Waals surface area contributed by atoms with Crippen LogP contribution in [0.15, 0.2) is 21.6 Å². The smallest absolute Gasteiger partial charge is 0.244 e. The van der Waals surface area contributed by atoms with Gasteiger partial charge in [-0.25, -0.2) is 13.4 Å². The van der Waals surface area contributed by atoms with Gasteiger partial charge in [-0.3, -0.25) is 4.79 Å². The van der Waals surface area contributed by atoms with Crippen molar-refractivity contribution in [1.29, 1.82) is 0 Å². The first-order chi connectivity index (χ1) is 11.3. The molecule has 2 rings (SSSR count). The molecule has 1 aliphatic heterocycles. The number of pyridine rings is 1. The Labute approximate surface area is 156 Å². The van der Waals surface area contributed by atoms with Gasteiger partial charge in [0.1, 0.15) is 10.0 Å². The normalized spacial score (nSPS) is 19.2. The second kappa shape index (κ2) is 8.12. The van der Waals surface area contributed by atoms with E-state index in [-0.39, 0.29) is 28.4 Å². The van der Waals surface area contributed by atoms with Crippen molar-refractivity contribution in [2.75, 3.05) is 26.2 Å². The van der Waals surface area contributed by atoms with Crippen LogP contribution >= 0.6 is 27.5 Å². The highest BCUT2D eigenvalue weighted by atomic mass is 79.9. The van der Waals surface area contributed by atoms with Gasteiger partial charge < -0.3 is 4.90 Å². The minimum absolute atomic E-state index is 0.0234. The van der Waals surface area contributed by atoms with Crippen LogP contribution in [0.25, 0.3) is 0 Å². The molecular weight excluding hydrogens is 418 g/mol. The first-order valence-electron chi connectivity index (χ1n) is 7.91. The van der Waals surface area contributed by atoms with Gasteiger partial charge in [-0.05, 0) is 48.7 Å². The van der Waals surface area contributed by atoms with E-state index in [1.54, 1.807) is 4.90 Å². The fraction of sp³-hybridized carbons (Fsp3) is 0.600. The molecule has 6 nitrogen and oxygen atoms in total. The van der Waals surface area contributed by atoms with Crippen LogP contribution in [0.5, 0.6) is 0 Å². The third kappa shape index (κ3) is 4.09. The standard InChI is InChI=1S/C15H21BrClN3O3S/c1-3-19(4-2)15(21)11-6-5-7-20(10-11)24(22,23)12-8-13(16)14(17)18-9-12/h8-9,11H,3-7,10H2,1-2H3. The Bertz CT molecular complexity index is 710. The maximum Gasteiger partial charge on any atom is 0.244 e. The number of amides is 1. The zero-order valence-electron chi connectivity index (χ0n) is 13.7. The summed E-state index contributed by atoms with van der Waals surface area (Å²) in [7, 11) is -3.70. The molecular formula is C15H21BrClN3O3S. The highest BCUT2D eigenvalue weighted by Crippen LogP contribution is 2.28. The largest absolute Gasteiger partial charge is 0.343 e. The number of rotatable bonds is 5. The zero-order valence-corrected chi connectivity index (χ0v) is 16.9. The lowest BCUT2D eigenvalue weighted by Gasteiger charge is -2.33. The number of piperidine rings is 1. The van der Waals surface area contributed by atoms with Crippen LogP contribution in [-0.4, -0.2) is 54.7 Å². The summed E-state index contributed by atoms with van der Waals surface area (Å²) in [5, 5.41) is 0.210. The summed E-state index contributed by atoms with van der Waals surface area (Å²) in [4.78, 5) is 18.3. The molecule has 1 saturated heterocycles. The Kier molecular flexibility index (Phi) is 6.64. The van der Waals surface area contributed by atoms with Crippen LogP contribution in [0.4, 0.5) is 0 Å². The van der Waals surface area contributed by atoms with Crippen molar-refractivity contribution >= 4 is 43.5 Å². The lowest BCUT2D eigenvalue weighted by molar-refractivity contribution is -0.136. The molecule has 0 spiro atoms. The third-order valence-electron chi connectivity index (χ3n) is 4.22. The first-order valence-corrected chi connectivity index (χ1v) is 10.5. The average molecular weight is 439 g/mol. The topological polar surface area (TPSA) is 70.6 Å². The van der Waals surface area contributed by atoms with E-state index in [9.17, 15) is 13.2 Å². The second-order valence-electron chi connectivity index (χ2n) is 5.66. The minimum Gasteiger partial charge on any atom is -0.343 e. The summed E-state index contributed by atoms with van der Waals surface area (Å²) in [6.45, 7) is 5.73. The molecule has 1 aromatic rings. The van der Waals surface area contributed by atoms with Crippen molar-refractivity contribution in [3.8, 4) is 0 Å². The van der Waals surface area contributed by atoms with E-state index >= 15 is 0 Å². The van der Waals surface area contributed by atoms with Gasteiger partial charge in [-0.2, -0.15) is 4.31 Å². The molecule has 0 radical (unpaired) electrons. The van der Waals surface area contributed by atoms with E-state index in [0.717, 1.165) is 0 Å². The van der Waals surface area contributed by atoms with Crippen LogP contribution in [0.2, 0.25) is 5.15 Å². The van der Waals surface area contributed by atoms with Gasteiger partial charge in [0, 0.05) is 32.4 Å². The number of hydrogen-bond donors (Lipinski definition) is 0. The van der Waals surface area contributed by atoms with Crippen molar-refractivity contribution in [3.05, 3.63) is 21.9 Å². The zero-order chi connectivity index (χ0) is 17.9. The molecule has 1 atom stereocenters. The van der Waals surface area contributed by atoms with Crippen LogP contribution in [0.3, 0.4) is 0 Å². The second-order valence-corrected chi connectivity index (χ2v) is 8.81. The molecule has 0 aromatic carbocycles. The van der Waals surface area contributed by atoms with Gasteiger partial charge in [0.05, 0.1) is 10.4 Å². The lowest BCUT2D eigenvalue weighted by atomic mass is 9.98. The molecule has 134 valence electrons. The molecule has 0 saturated carbocycles. The Morgan fingerprint density at radius 1 is 1.46 bits per heavy atom. The lowest BCUT2D eigenvalue weighted by Crippen LogP contribution is -2.46. The van der Waals surface area contributed by atoms with Gasteiger partial charge in [-0.1, -0.05) is 11.6 Å². The van der Waals surface area contributed by atoms with Gasteiger partial charge in [0.2, 0.25) is 15.9 Å². The highest BCUT2D eigenvalue weighted by Gasteiger charge is 2.34. The van der Waals surface area contributed by atoms with E-state index < -0.39 is 10.0 Å². The van der Waals surface area contributed by atoms with Crippen molar-refractivity contribution in [2.45, 2.75) is 31.6 Å². The minimum atomic E-state index is -3.70. The molecule has 1 aliphatic rings. The van der Waals surface area contributed by atoms with Crippen molar-refractivity contribution in [1.82, 2.24) is 14.2 Å². The molecule has 24 heavy (non-hydrogen) atoms. The number of aromatic nitrogens is 1. The fourth-order valence-corrected chi connectivity index (χ4v) is 4.95. The summed E-state index contributed by atoms with van der Waals surface area (Å²) in [5.41, 5.74) is 0. The summed E-state index contributed by atoms with van der Waals surface area (Å²) >= 11 is 9.03. The molecule has 0 bridgehead atoms. The molecule has 1 aromatic heterocycles. The number of hydrogen-bond acceptors (Lipinski definition) is 4. The quantitative estimate of drug-likeness (QED) is 0.663. The van der Waals surface area contributed by atoms with Gasteiger partial charge in [0.25, 0.3) is 0 Å². The van der Waals surface area contributed by atoms with Crippen LogP contribution in [0.1, 0.15) is 26.7 Å². The van der Waals surface area contributed by atoms with E-state index in [1.165, 1.54) is 16.6 Å². The molecule has 1 unspecified atom stereocenters. The van der Waals surface area contributed by atoms with Crippen molar-refractivity contribution in [3.63, 3.8) is 0 Å². The van der Waals surface area contributed by atoms with Crippen LogP contribution < -0.4 is 0 Å². The Balaban J connectivity index is 2.21. The maximum atomic E-state index is 12.8. The molecule has 2 heterocycles. The van der Waals surface area contributed by atoms with Crippen molar-refractivity contribution in [2.24, 2.45) is 5.92 Å². The summed E-state index contributed by atoms with van der Waals surface area (Å²) < 4.78 is 27.5. The molecule has 1 fully saturated rings. The van der Waals surface area contributed by atoms with Gasteiger partial charge in [0.15, 0.2) is 0 Å². The number of nitrogens with zero attached hydrogens (tertiary/aromatic N) is 3. The monoisotopic (exact) mass is 437 g/mol. The number of sulfonamides is 1. The van der Waals surface area contributed by atoms with E-state index in [0.29, 0.717) is 36.9 Å². The fourth-order valence-electron chi connectivity index (χ4n) is 2.85. The predicted molar refractivity (Wildman–Crippen MR) is 96.4 cm³/mol. The summed E-state index contributed by atoms with van der Waals surface area (Å²) in [6, 6.07) is 1.44. The molecule has 0 aliphatic carbocycles. The van der Waals surface area contributed by atoms with E-state index in [4.69, 9.17) is 11.6 Å². The summed E-state index contributed by atoms with van der Waals surface area (Å²) in [6.07, 6.45) is 2.63. The Hall–Kier alpha value is -0.700. The number of carbonyl (C=O) groups excluding carboxylic acids is 1. The molecule has 0 N–H and O–H groups in total. The SMILES string of the molecule is CCN(CC)C(=O)C1CCCN(S(=O)(=O)c2cnc(Cl)c(Br)c2)C1. The number of halogens is 2. The van der Waals surface area contributed by atoms with Gasteiger partial charge >= 0.3 is 0 Å². The van der Waals surface area contributed by atoms with E-state index in [2.05, 4.69) is 20.9 Å². The van der Waals surface area contributed by atoms with Gasteiger partial charge in [-0.15, -0.1) is 0 Å². The average Bonchev–Trinajstić information content (AvgIpc) is 2.58. The molecule has 9 heteroatoms. The summed E-state index contributed by atoms with van der Waals surface area (Å²) in [5.74, 6) is -0.271. The molecule has 1 amide bonds. The predicted octanol–water partition coefficient (Wildman–Crippen LogP) is 2.77. The van der Waals surface area contributed by atoms with Crippen molar-refractivity contribution < 1.29 is 13.2 Å². The van der Waals surface area contributed by atoms with E-state index in [1.807, 2.05) is 13.8 Å². The third-order valence-corrected chi connectivity index (χ3v) is 7.18. The van der Waals surface area contributed by atoms with Crippen LogP contribution in [-0.2, 0) is 14.8 Å². The first kappa shape index (κ1) is 19.6. The highest BCUT2D eigenvalue weighted by molar-refractivity contribution is 9.10. The Morgan fingerprint density at radius 2 is 2.12 bits per heavy atom. The maximum absolute atomic E-state index is 12.8.